The first-order chi connectivity index (χ1) is 5.93. The van der Waals surface area contributed by atoms with Gasteiger partial charge in [-0.1, -0.05) is 12.8 Å². The molecule has 0 aromatic rings. The maximum absolute atomic E-state index is 5.43. The summed E-state index contributed by atoms with van der Waals surface area (Å²) in [5.74, 6) is 1.54. The number of hydrogen-bond acceptors (Lipinski definition) is 2. The predicted octanol–water partition coefficient (Wildman–Crippen LogP) is 2.06. The molecule has 0 amide bonds. The molecule has 3 heteroatoms. The minimum absolute atomic E-state index is 0.572. The molecule has 72 valence electrons. The van der Waals surface area contributed by atoms with Crippen LogP contribution in [0.25, 0.3) is 0 Å². The van der Waals surface area contributed by atoms with E-state index in [0.717, 1.165) is 12.5 Å². The van der Waals surface area contributed by atoms with Gasteiger partial charge >= 0.3 is 0 Å². The van der Waals surface area contributed by atoms with Crippen molar-refractivity contribution >= 4 is 11.6 Å². The van der Waals surface area contributed by atoms with Gasteiger partial charge in [0.1, 0.15) is 0 Å². The fourth-order valence-electron chi connectivity index (χ4n) is 1.03. The molecule has 1 fully saturated rings. The zero-order valence-corrected chi connectivity index (χ0v) is 8.18. The van der Waals surface area contributed by atoms with Crippen LogP contribution in [-0.4, -0.2) is 32.3 Å². The highest BCUT2D eigenvalue weighted by Gasteiger charge is 2.20. The van der Waals surface area contributed by atoms with Crippen LogP contribution in [0.15, 0.2) is 0 Å². The van der Waals surface area contributed by atoms with Crippen molar-refractivity contribution in [2.45, 2.75) is 19.3 Å². The molecular weight excluding hydrogens is 176 g/mol. The number of halogens is 1. The van der Waals surface area contributed by atoms with Crippen LogP contribution in [0.1, 0.15) is 19.3 Å². The summed E-state index contributed by atoms with van der Waals surface area (Å²) in [4.78, 5) is 0. The van der Waals surface area contributed by atoms with E-state index in [4.69, 9.17) is 21.1 Å². The molecule has 1 rings (SSSR count). The third-order valence-corrected chi connectivity index (χ3v) is 2.12. The average Bonchev–Trinajstić information content (AvgIpc) is 2.87. The molecule has 0 aliphatic heterocycles. The summed E-state index contributed by atoms with van der Waals surface area (Å²) in [5.41, 5.74) is 0. The SMILES string of the molecule is ClCCOCCOCCC1CC1. The van der Waals surface area contributed by atoms with Gasteiger partial charge in [0.2, 0.25) is 0 Å². The first-order valence-corrected chi connectivity index (χ1v) is 5.18. The fraction of sp³-hybridized carbons (Fsp3) is 1.00. The van der Waals surface area contributed by atoms with Crippen molar-refractivity contribution in [2.24, 2.45) is 5.92 Å². The molecule has 1 aliphatic carbocycles. The Kier molecular flexibility index (Phi) is 5.74. The Bertz CT molecular complexity index is 105. The highest BCUT2D eigenvalue weighted by Crippen LogP contribution is 2.31. The molecule has 0 aromatic heterocycles. The first-order valence-electron chi connectivity index (χ1n) is 4.65. The van der Waals surface area contributed by atoms with Gasteiger partial charge in [0.15, 0.2) is 0 Å². The summed E-state index contributed by atoms with van der Waals surface area (Å²) in [6.45, 7) is 2.92. The second kappa shape index (κ2) is 6.70. The van der Waals surface area contributed by atoms with Crippen LogP contribution < -0.4 is 0 Å². The average molecular weight is 193 g/mol. The van der Waals surface area contributed by atoms with Crippen molar-refractivity contribution in [1.82, 2.24) is 0 Å². The number of hydrogen-bond donors (Lipinski definition) is 0. The smallest absolute Gasteiger partial charge is 0.0701 e. The zero-order valence-electron chi connectivity index (χ0n) is 7.43. The highest BCUT2D eigenvalue weighted by molar-refractivity contribution is 6.17. The summed E-state index contributed by atoms with van der Waals surface area (Å²) in [6, 6.07) is 0. The topological polar surface area (TPSA) is 18.5 Å². The minimum Gasteiger partial charge on any atom is -0.379 e. The van der Waals surface area contributed by atoms with E-state index in [-0.39, 0.29) is 0 Å². The number of alkyl halides is 1. The van der Waals surface area contributed by atoms with Crippen molar-refractivity contribution in [2.75, 3.05) is 32.3 Å². The van der Waals surface area contributed by atoms with Crippen LogP contribution in [-0.2, 0) is 9.47 Å². The van der Waals surface area contributed by atoms with Gasteiger partial charge in [0.05, 0.1) is 19.8 Å². The lowest BCUT2D eigenvalue weighted by atomic mass is 10.3. The van der Waals surface area contributed by atoms with E-state index in [2.05, 4.69) is 0 Å². The Morgan fingerprint density at radius 3 is 2.25 bits per heavy atom. The largest absolute Gasteiger partial charge is 0.379 e. The third-order valence-electron chi connectivity index (χ3n) is 1.96. The van der Waals surface area contributed by atoms with Gasteiger partial charge in [-0.2, -0.15) is 0 Å². The summed E-state index contributed by atoms with van der Waals surface area (Å²) in [7, 11) is 0. The van der Waals surface area contributed by atoms with Crippen LogP contribution in [0.5, 0.6) is 0 Å². The quantitative estimate of drug-likeness (QED) is 0.433. The molecule has 0 N–H and O–H groups in total. The Morgan fingerprint density at radius 1 is 1.00 bits per heavy atom. The van der Waals surface area contributed by atoms with Crippen LogP contribution >= 0.6 is 11.6 Å². The second-order valence-corrected chi connectivity index (χ2v) is 3.52. The third kappa shape index (κ3) is 5.81. The van der Waals surface area contributed by atoms with Gasteiger partial charge in [-0.05, 0) is 12.3 Å². The monoisotopic (exact) mass is 192 g/mol. The van der Waals surface area contributed by atoms with Crippen LogP contribution in [0.4, 0.5) is 0 Å². The molecule has 1 saturated carbocycles. The Hall–Kier alpha value is 0.210. The van der Waals surface area contributed by atoms with Gasteiger partial charge in [-0.3, -0.25) is 0 Å². The summed E-state index contributed by atoms with van der Waals surface area (Å²) >= 11 is 5.43. The van der Waals surface area contributed by atoms with E-state index in [1.165, 1.54) is 19.3 Å². The molecule has 2 nitrogen and oxygen atoms in total. The van der Waals surface area contributed by atoms with E-state index in [9.17, 15) is 0 Å². The van der Waals surface area contributed by atoms with E-state index >= 15 is 0 Å². The Morgan fingerprint density at radius 2 is 1.67 bits per heavy atom. The number of ether oxygens (including phenoxy) is 2. The van der Waals surface area contributed by atoms with Gasteiger partial charge in [-0.25, -0.2) is 0 Å². The lowest BCUT2D eigenvalue weighted by molar-refractivity contribution is 0.0512. The summed E-state index contributed by atoms with van der Waals surface area (Å²) < 4.78 is 10.5. The normalized spacial score (nSPS) is 16.8. The molecule has 0 radical (unpaired) electrons. The lowest BCUT2D eigenvalue weighted by Crippen LogP contribution is -2.06. The fourth-order valence-corrected chi connectivity index (χ4v) is 1.14. The lowest BCUT2D eigenvalue weighted by Gasteiger charge is -2.03. The van der Waals surface area contributed by atoms with Gasteiger partial charge in [0, 0.05) is 12.5 Å². The Labute approximate surface area is 79.2 Å². The Balaban J connectivity index is 1.65. The van der Waals surface area contributed by atoms with Crippen molar-refractivity contribution in [1.29, 1.82) is 0 Å². The van der Waals surface area contributed by atoms with Crippen LogP contribution in [0.3, 0.4) is 0 Å². The van der Waals surface area contributed by atoms with Gasteiger partial charge in [-0.15, -0.1) is 11.6 Å². The van der Waals surface area contributed by atoms with Crippen molar-refractivity contribution in [3.05, 3.63) is 0 Å². The standard InChI is InChI=1S/C9H17ClO2/c10-4-6-12-8-7-11-5-3-9-1-2-9/h9H,1-8H2. The second-order valence-electron chi connectivity index (χ2n) is 3.15. The van der Waals surface area contributed by atoms with E-state index < -0.39 is 0 Å². The summed E-state index contributed by atoms with van der Waals surface area (Å²) in [6.07, 6.45) is 4.05. The first kappa shape index (κ1) is 10.3. The van der Waals surface area contributed by atoms with Crippen molar-refractivity contribution in [3.8, 4) is 0 Å². The molecule has 0 aromatic carbocycles. The molecule has 0 heterocycles. The maximum atomic E-state index is 5.43. The predicted molar refractivity (Wildman–Crippen MR) is 49.7 cm³/mol. The van der Waals surface area contributed by atoms with Gasteiger partial charge < -0.3 is 9.47 Å². The maximum Gasteiger partial charge on any atom is 0.0701 e. The van der Waals surface area contributed by atoms with E-state index in [1.807, 2.05) is 0 Å². The van der Waals surface area contributed by atoms with Crippen molar-refractivity contribution in [3.63, 3.8) is 0 Å². The minimum atomic E-state index is 0.572. The van der Waals surface area contributed by atoms with E-state index in [0.29, 0.717) is 25.7 Å². The van der Waals surface area contributed by atoms with Crippen molar-refractivity contribution < 1.29 is 9.47 Å². The number of rotatable bonds is 8. The molecular formula is C9H17ClO2. The van der Waals surface area contributed by atoms with Crippen LogP contribution in [0.2, 0.25) is 0 Å². The molecule has 0 atom stereocenters. The molecule has 0 bridgehead atoms. The molecule has 12 heavy (non-hydrogen) atoms. The molecule has 1 aliphatic rings. The van der Waals surface area contributed by atoms with Gasteiger partial charge in [0.25, 0.3) is 0 Å². The van der Waals surface area contributed by atoms with Crippen LogP contribution in [0, 0.1) is 5.92 Å². The zero-order chi connectivity index (χ0) is 8.65. The van der Waals surface area contributed by atoms with E-state index in [1.54, 1.807) is 0 Å². The molecule has 0 spiro atoms. The molecule has 0 unspecified atom stereocenters. The highest BCUT2D eigenvalue weighted by atomic mass is 35.5. The summed E-state index contributed by atoms with van der Waals surface area (Å²) in [5, 5.41) is 0. The molecule has 0 saturated heterocycles.